The number of hydrogen-bond donors (Lipinski definition) is 5. The van der Waals surface area contributed by atoms with Crippen molar-refractivity contribution >= 4 is 29.7 Å². The van der Waals surface area contributed by atoms with Crippen LogP contribution in [0.15, 0.2) is 30.3 Å². The highest BCUT2D eigenvalue weighted by atomic mass is 16.2. The number of benzene rings is 1. The van der Waals surface area contributed by atoms with Crippen LogP contribution in [0.4, 0.5) is 4.79 Å². The molecule has 1 aromatic rings. The number of carbonyl (C=O) groups excluding carboxylic acids is 5. The summed E-state index contributed by atoms with van der Waals surface area (Å²) >= 11 is 0. The van der Waals surface area contributed by atoms with Gasteiger partial charge in [-0.1, -0.05) is 44.2 Å². The fraction of sp³-hybridized carbons (Fsp3) is 0.607. The summed E-state index contributed by atoms with van der Waals surface area (Å²) in [4.78, 5) is 66.2. The van der Waals surface area contributed by atoms with Gasteiger partial charge in [0.05, 0.1) is 19.1 Å². The Kier molecular flexibility index (Phi) is 10.9. The molecular weight excluding hydrogens is 514 g/mol. The van der Waals surface area contributed by atoms with Gasteiger partial charge < -0.3 is 36.8 Å². The fourth-order valence-electron chi connectivity index (χ4n) is 5.35. The lowest BCUT2D eigenvalue weighted by Crippen LogP contribution is -2.52. The average molecular weight is 558 g/mol. The standard InChI is InChI=1S/C28H43N7O5/c1-19(2)13-22(33-23(36)15-31-25(38)21(29)14-20-7-5-4-6-8-20)26(39)32-16-24(37)34-11-9-28(17-34)10-12-35(18-28)27(40)30-3/h4-8,19,21-22H,9-18,29H2,1-3H3,(H,30,40)(H,31,38)(H,32,39)(H,33,36). The Bertz CT molecular complexity index is 1070. The van der Waals surface area contributed by atoms with E-state index < -0.39 is 29.8 Å². The number of carbonyl (C=O) groups is 5. The Morgan fingerprint density at radius 1 is 0.925 bits per heavy atom. The molecule has 0 bridgehead atoms. The van der Waals surface area contributed by atoms with Gasteiger partial charge in [-0.15, -0.1) is 0 Å². The highest BCUT2D eigenvalue weighted by molar-refractivity contribution is 5.92. The van der Waals surface area contributed by atoms with Crippen LogP contribution in [-0.2, 0) is 25.6 Å². The van der Waals surface area contributed by atoms with Crippen LogP contribution in [0.2, 0.25) is 0 Å². The van der Waals surface area contributed by atoms with Crippen LogP contribution in [-0.4, -0.2) is 97.9 Å². The Balaban J connectivity index is 1.44. The van der Waals surface area contributed by atoms with Crippen LogP contribution in [0.1, 0.15) is 38.7 Å². The Morgan fingerprint density at radius 2 is 1.55 bits per heavy atom. The molecule has 2 saturated heterocycles. The molecule has 2 aliphatic heterocycles. The van der Waals surface area contributed by atoms with Crippen molar-refractivity contribution in [3.8, 4) is 0 Å². The predicted octanol–water partition coefficient (Wildman–Crippen LogP) is -0.416. The first-order valence-corrected chi connectivity index (χ1v) is 13.9. The molecule has 6 N–H and O–H groups in total. The monoisotopic (exact) mass is 557 g/mol. The number of nitrogens with zero attached hydrogens (tertiary/aromatic N) is 2. The van der Waals surface area contributed by atoms with Gasteiger partial charge in [0, 0.05) is 38.6 Å². The number of nitrogens with two attached hydrogens (primary N) is 1. The molecule has 220 valence electrons. The minimum Gasteiger partial charge on any atom is -0.346 e. The maximum Gasteiger partial charge on any atom is 0.317 e. The van der Waals surface area contributed by atoms with Crippen molar-refractivity contribution in [2.45, 2.75) is 51.6 Å². The van der Waals surface area contributed by atoms with Crippen molar-refractivity contribution in [3.63, 3.8) is 0 Å². The van der Waals surface area contributed by atoms with Gasteiger partial charge in [-0.3, -0.25) is 19.2 Å². The molecule has 1 aromatic carbocycles. The fourth-order valence-corrected chi connectivity index (χ4v) is 5.35. The van der Waals surface area contributed by atoms with E-state index >= 15 is 0 Å². The largest absolute Gasteiger partial charge is 0.346 e. The molecule has 3 rings (SSSR count). The van der Waals surface area contributed by atoms with Gasteiger partial charge in [-0.2, -0.15) is 0 Å². The number of amides is 6. The second-order valence-electron chi connectivity index (χ2n) is 11.3. The third-order valence-corrected chi connectivity index (χ3v) is 7.56. The number of rotatable bonds is 11. The predicted molar refractivity (Wildman–Crippen MR) is 150 cm³/mol. The van der Waals surface area contributed by atoms with Gasteiger partial charge >= 0.3 is 6.03 Å². The highest BCUT2D eigenvalue weighted by Gasteiger charge is 2.45. The molecule has 12 heteroatoms. The lowest BCUT2D eigenvalue weighted by Gasteiger charge is -2.25. The summed E-state index contributed by atoms with van der Waals surface area (Å²) in [5.41, 5.74) is 6.78. The summed E-state index contributed by atoms with van der Waals surface area (Å²) in [5, 5.41) is 10.5. The molecule has 0 aliphatic carbocycles. The van der Waals surface area contributed by atoms with E-state index in [0.717, 1.165) is 18.4 Å². The van der Waals surface area contributed by atoms with Crippen molar-refractivity contribution in [1.82, 2.24) is 31.1 Å². The van der Waals surface area contributed by atoms with Gasteiger partial charge in [0.15, 0.2) is 0 Å². The summed E-state index contributed by atoms with van der Waals surface area (Å²) in [6, 6.07) is 7.57. The third kappa shape index (κ3) is 8.67. The Labute approximate surface area is 235 Å². The summed E-state index contributed by atoms with van der Waals surface area (Å²) in [6.07, 6.45) is 2.36. The average Bonchev–Trinajstić information content (AvgIpc) is 3.56. The van der Waals surface area contributed by atoms with Crippen LogP contribution in [0.3, 0.4) is 0 Å². The summed E-state index contributed by atoms with van der Waals surface area (Å²) in [7, 11) is 1.61. The molecule has 0 saturated carbocycles. The van der Waals surface area contributed by atoms with Crippen LogP contribution in [0.25, 0.3) is 0 Å². The maximum absolute atomic E-state index is 12.9. The van der Waals surface area contributed by atoms with E-state index in [-0.39, 0.29) is 36.4 Å². The van der Waals surface area contributed by atoms with Gasteiger partial charge in [-0.05, 0) is 37.2 Å². The number of likely N-dealkylation sites (tertiary alicyclic amines) is 2. The molecular formula is C28H43N7O5. The van der Waals surface area contributed by atoms with E-state index in [0.29, 0.717) is 39.0 Å². The van der Waals surface area contributed by atoms with Gasteiger partial charge in [-0.25, -0.2) is 4.79 Å². The summed E-state index contributed by atoms with van der Waals surface area (Å²) in [5.74, 6) is -1.53. The van der Waals surface area contributed by atoms with Crippen LogP contribution < -0.4 is 27.0 Å². The molecule has 3 unspecified atom stereocenters. The quantitative estimate of drug-likeness (QED) is 0.248. The zero-order valence-corrected chi connectivity index (χ0v) is 23.7. The van der Waals surface area contributed by atoms with E-state index in [2.05, 4.69) is 21.3 Å². The van der Waals surface area contributed by atoms with E-state index in [1.165, 1.54) is 0 Å². The first-order valence-electron chi connectivity index (χ1n) is 13.9. The maximum atomic E-state index is 12.9. The second-order valence-corrected chi connectivity index (χ2v) is 11.3. The van der Waals surface area contributed by atoms with Crippen molar-refractivity contribution < 1.29 is 24.0 Å². The molecule has 3 atom stereocenters. The molecule has 2 heterocycles. The summed E-state index contributed by atoms with van der Waals surface area (Å²) < 4.78 is 0. The number of urea groups is 1. The third-order valence-electron chi connectivity index (χ3n) is 7.56. The lowest BCUT2D eigenvalue weighted by molar-refractivity contribution is -0.134. The minimum absolute atomic E-state index is 0.102. The van der Waals surface area contributed by atoms with Crippen molar-refractivity contribution in [2.75, 3.05) is 46.3 Å². The number of hydrogen-bond acceptors (Lipinski definition) is 6. The Morgan fingerprint density at radius 3 is 2.20 bits per heavy atom. The van der Waals surface area contributed by atoms with Crippen molar-refractivity contribution in [2.24, 2.45) is 17.1 Å². The molecule has 2 fully saturated rings. The van der Waals surface area contributed by atoms with E-state index in [1.807, 2.05) is 44.2 Å². The highest BCUT2D eigenvalue weighted by Crippen LogP contribution is 2.39. The molecule has 1 spiro atoms. The zero-order valence-electron chi connectivity index (χ0n) is 23.7. The van der Waals surface area contributed by atoms with Crippen molar-refractivity contribution in [3.05, 3.63) is 35.9 Å². The minimum atomic E-state index is -0.851. The molecule has 40 heavy (non-hydrogen) atoms. The molecule has 12 nitrogen and oxygen atoms in total. The van der Waals surface area contributed by atoms with E-state index in [1.54, 1.807) is 16.8 Å². The van der Waals surface area contributed by atoms with Crippen LogP contribution >= 0.6 is 0 Å². The van der Waals surface area contributed by atoms with E-state index in [4.69, 9.17) is 5.73 Å². The second kappa shape index (κ2) is 14.1. The van der Waals surface area contributed by atoms with E-state index in [9.17, 15) is 24.0 Å². The number of nitrogens with one attached hydrogen (secondary N) is 4. The Hall–Kier alpha value is -3.67. The van der Waals surface area contributed by atoms with Gasteiger partial charge in [0.25, 0.3) is 0 Å². The molecule has 6 amide bonds. The zero-order chi connectivity index (χ0) is 29.3. The molecule has 0 radical (unpaired) electrons. The first kappa shape index (κ1) is 30.9. The van der Waals surface area contributed by atoms with Crippen LogP contribution in [0, 0.1) is 11.3 Å². The summed E-state index contributed by atoms with van der Waals surface area (Å²) in [6.45, 7) is 5.76. The van der Waals surface area contributed by atoms with Crippen LogP contribution in [0.5, 0.6) is 0 Å². The molecule has 2 aliphatic rings. The van der Waals surface area contributed by atoms with Gasteiger partial charge in [0.1, 0.15) is 6.04 Å². The topological polar surface area (TPSA) is 166 Å². The van der Waals surface area contributed by atoms with Gasteiger partial charge in [0.2, 0.25) is 23.6 Å². The SMILES string of the molecule is CNC(=O)N1CCC2(CCN(C(=O)CNC(=O)C(CC(C)C)NC(=O)CNC(=O)C(N)Cc3ccccc3)C2)C1. The normalized spacial score (nSPS) is 19.8. The van der Waals surface area contributed by atoms with Crippen molar-refractivity contribution in [1.29, 1.82) is 0 Å². The lowest BCUT2D eigenvalue weighted by atomic mass is 9.86. The molecule has 0 aromatic heterocycles. The first-order chi connectivity index (χ1) is 19.0. The smallest absolute Gasteiger partial charge is 0.317 e.